The maximum atomic E-state index is 2.54. The fourth-order valence-electron chi connectivity index (χ4n) is 10.8. The minimum absolute atomic E-state index is 0.515. The third kappa shape index (κ3) is 5.91. The first-order valence-corrected chi connectivity index (χ1v) is 21.7. The van der Waals surface area contributed by atoms with Crippen LogP contribution in [0, 0.1) is 0 Å². The molecule has 0 radical (unpaired) electrons. The highest BCUT2D eigenvalue weighted by atomic mass is 15.1. The van der Waals surface area contributed by atoms with Crippen LogP contribution in [0.25, 0.3) is 44.2 Å². The molecule has 0 amide bonds. The van der Waals surface area contributed by atoms with Crippen molar-refractivity contribution in [3.63, 3.8) is 0 Å². The zero-order chi connectivity index (χ0) is 39.9. The van der Waals surface area contributed by atoms with Crippen molar-refractivity contribution in [1.82, 2.24) is 0 Å². The molecule has 2 aliphatic carbocycles. The molecule has 0 N–H and O–H groups in total. The number of para-hydroxylation sites is 2. The van der Waals surface area contributed by atoms with Crippen molar-refractivity contribution in [3.05, 3.63) is 246 Å². The number of rotatable bonds is 8. The molecule has 0 heterocycles. The summed E-state index contributed by atoms with van der Waals surface area (Å²) < 4.78 is 0. The van der Waals surface area contributed by atoms with Gasteiger partial charge in [0.2, 0.25) is 0 Å². The quantitative estimate of drug-likeness (QED) is 0.149. The van der Waals surface area contributed by atoms with Crippen LogP contribution in [0.4, 0.5) is 17.1 Å². The van der Waals surface area contributed by atoms with Gasteiger partial charge in [0, 0.05) is 16.8 Å². The van der Waals surface area contributed by atoms with Crippen molar-refractivity contribution in [1.29, 1.82) is 0 Å². The summed E-state index contributed by atoms with van der Waals surface area (Å²) in [7, 11) is 0. The van der Waals surface area contributed by atoms with Gasteiger partial charge in [0.1, 0.15) is 0 Å². The molecule has 1 heteroatoms. The van der Waals surface area contributed by atoms with Gasteiger partial charge in [-0.1, -0.05) is 213 Å². The van der Waals surface area contributed by atoms with E-state index in [0.29, 0.717) is 5.92 Å². The van der Waals surface area contributed by atoms with Gasteiger partial charge >= 0.3 is 0 Å². The van der Waals surface area contributed by atoms with E-state index in [2.05, 4.69) is 223 Å². The van der Waals surface area contributed by atoms with Crippen LogP contribution in [-0.4, -0.2) is 0 Å². The molecule has 1 nitrogen and oxygen atoms in total. The molecule has 0 spiro atoms. The number of fused-ring (bicyclic) bond motifs is 4. The van der Waals surface area contributed by atoms with Gasteiger partial charge in [-0.15, -0.1) is 0 Å². The van der Waals surface area contributed by atoms with E-state index in [0.717, 1.165) is 17.1 Å². The fraction of sp³-hybridized carbons (Fsp3) is 0.119. The summed E-state index contributed by atoms with van der Waals surface area (Å²) in [6.45, 7) is 0. The second kappa shape index (κ2) is 15.3. The van der Waals surface area contributed by atoms with E-state index in [1.54, 1.807) is 0 Å². The Kier molecular flexibility index (Phi) is 9.23. The third-order valence-corrected chi connectivity index (χ3v) is 13.3. The molecule has 0 atom stereocenters. The molecule has 0 saturated heterocycles. The average Bonchev–Trinajstić information content (AvgIpc) is 3.64. The molecule has 0 aromatic heterocycles. The van der Waals surface area contributed by atoms with Gasteiger partial charge in [0.15, 0.2) is 0 Å². The van der Waals surface area contributed by atoms with Gasteiger partial charge in [-0.25, -0.2) is 0 Å². The van der Waals surface area contributed by atoms with Gasteiger partial charge in [0.25, 0.3) is 0 Å². The largest absolute Gasteiger partial charge is 0.309 e. The van der Waals surface area contributed by atoms with E-state index < -0.39 is 5.41 Å². The molecule has 11 rings (SSSR count). The lowest BCUT2D eigenvalue weighted by molar-refractivity contribution is 0.445. The van der Waals surface area contributed by atoms with Crippen molar-refractivity contribution in [2.45, 2.75) is 43.4 Å². The summed E-state index contributed by atoms with van der Waals surface area (Å²) in [4.78, 5) is 2.54. The Morgan fingerprint density at radius 2 is 0.900 bits per heavy atom. The molecular weight excluding hydrogens is 723 g/mol. The minimum atomic E-state index is -0.515. The summed E-state index contributed by atoms with van der Waals surface area (Å²) >= 11 is 0. The Morgan fingerprint density at radius 3 is 1.60 bits per heavy atom. The van der Waals surface area contributed by atoms with Crippen molar-refractivity contribution in [3.8, 4) is 33.4 Å². The second-order valence-corrected chi connectivity index (χ2v) is 16.6. The maximum Gasteiger partial charge on any atom is 0.0714 e. The Hall–Kier alpha value is -6.96. The predicted octanol–water partition coefficient (Wildman–Crippen LogP) is 16.1. The van der Waals surface area contributed by atoms with E-state index in [4.69, 9.17) is 0 Å². The first kappa shape index (κ1) is 36.1. The lowest BCUT2D eigenvalue weighted by atomic mass is 9.67. The van der Waals surface area contributed by atoms with E-state index in [9.17, 15) is 0 Å². The SMILES string of the molecule is c1ccc(-c2ccccc2N(c2cccc(C3(c4ccccc4)c4ccccc4-c4ccccc43)c2)c2ccccc2-c2cccc3cccc(C4CCCCC4)c23)cc1. The topological polar surface area (TPSA) is 3.24 Å². The Bertz CT molecular complexity index is 2920. The standard InChI is InChI=1S/C59H47N/c1-4-21-42(22-5-1)48-31-12-16-39-56(48)60(57-40-17-13-34-52(57)53-36-19-26-44-25-18-35-49(58(44)53)43-23-6-2-7-24-43)47-30-20-29-46(41-47)59(45-27-8-3-9-28-45)54-37-14-10-32-50(54)51-33-11-15-38-55(51)59/h1,3-5,8-22,25-41,43H,2,6-7,23-24H2. The van der Waals surface area contributed by atoms with Gasteiger partial charge in [-0.3, -0.25) is 0 Å². The minimum Gasteiger partial charge on any atom is -0.309 e. The molecule has 0 unspecified atom stereocenters. The first-order chi connectivity index (χ1) is 29.8. The normalized spacial score (nSPS) is 14.4. The lowest BCUT2D eigenvalue weighted by Crippen LogP contribution is -2.28. The third-order valence-electron chi connectivity index (χ3n) is 13.3. The lowest BCUT2D eigenvalue weighted by Gasteiger charge is -2.36. The summed E-state index contributed by atoms with van der Waals surface area (Å²) in [5, 5.41) is 2.71. The van der Waals surface area contributed by atoms with Crippen LogP contribution in [-0.2, 0) is 5.41 Å². The van der Waals surface area contributed by atoms with Crippen LogP contribution in [0.2, 0.25) is 0 Å². The Morgan fingerprint density at radius 1 is 0.383 bits per heavy atom. The molecule has 9 aromatic carbocycles. The molecule has 9 aromatic rings. The summed E-state index contributed by atoms with van der Waals surface area (Å²) in [5.74, 6) is 0.577. The molecule has 0 aliphatic heterocycles. The molecule has 1 saturated carbocycles. The number of benzene rings is 9. The summed E-state index contributed by atoms with van der Waals surface area (Å²) in [6.07, 6.45) is 6.47. The van der Waals surface area contributed by atoms with E-state index in [-0.39, 0.29) is 0 Å². The molecule has 288 valence electrons. The monoisotopic (exact) mass is 769 g/mol. The van der Waals surface area contributed by atoms with E-state index in [1.807, 2.05) is 0 Å². The highest BCUT2D eigenvalue weighted by Gasteiger charge is 2.46. The highest BCUT2D eigenvalue weighted by Crippen LogP contribution is 2.57. The zero-order valence-corrected chi connectivity index (χ0v) is 33.8. The van der Waals surface area contributed by atoms with Gasteiger partial charge < -0.3 is 4.90 Å². The van der Waals surface area contributed by atoms with E-state index >= 15 is 0 Å². The van der Waals surface area contributed by atoms with Crippen LogP contribution in [0.15, 0.2) is 218 Å². The van der Waals surface area contributed by atoms with Crippen LogP contribution in [0.1, 0.15) is 65.8 Å². The molecule has 1 fully saturated rings. The van der Waals surface area contributed by atoms with Gasteiger partial charge in [0.05, 0.1) is 16.8 Å². The summed E-state index contributed by atoms with van der Waals surface area (Å²) in [5.41, 5.74) is 17.0. The Balaban J connectivity index is 1.19. The molecule has 2 aliphatic rings. The average molecular weight is 770 g/mol. The Labute approximate surface area is 354 Å². The molecule has 60 heavy (non-hydrogen) atoms. The van der Waals surface area contributed by atoms with Gasteiger partial charge in [-0.2, -0.15) is 0 Å². The fourth-order valence-corrected chi connectivity index (χ4v) is 10.8. The van der Waals surface area contributed by atoms with Crippen LogP contribution < -0.4 is 4.90 Å². The van der Waals surface area contributed by atoms with Crippen molar-refractivity contribution >= 4 is 27.8 Å². The smallest absolute Gasteiger partial charge is 0.0714 e. The van der Waals surface area contributed by atoms with Crippen molar-refractivity contribution in [2.24, 2.45) is 0 Å². The second-order valence-electron chi connectivity index (χ2n) is 16.6. The molecular formula is C59H47N. The molecule has 0 bridgehead atoms. The number of hydrogen-bond donors (Lipinski definition) is 0. The maximum absolute atomic E-state index is 2.54. The summed E-state index contributed by atoms with van der Waals surface area (Å²) in [6, 6.07) is 81.4. The van der Waals surface area contributed by atoms with Crippen LogP contribution in [0.3, 0.4) is 0 Å². The number of anilines is 3. The number of hydrogen-bond acceptors (Lipinski definition) is 1. The van der Waals surface area contributed by atoms with Crippen molar-refractivity contribution in [2.75, 3.05) is 4.90 Å². The van der Waals surface area contributed by atoms with Crippen LogP contribution in [0.5, 0.6) is 0 Å². The predicted molar refractivity (Wildman–Crippen MR) is 253 cm³/mol. The highest BCUT2D eigenvalue weighted by molar-refractivity contribution is 6.04. The first-order valence-electron chi connectivity index (χ1n) is 21.7. The zero-order valence-electron chi connectivity index (χ0n) is 33.8. The van der Waals surface area contributed by atoms with E-state index in [1.165, 1.54) is 104 Å². The van der Waals surface area contributed by atoms with Gasteiger partial charge in [-0.05, 0) is 104 Å². The van der Waals surface area contributed by atoms with Crippen LogP contribution >= 0.6 is 0 Å². The van der Waals surface area contributed by atoms with Crippen molar-refractivity contribution < 1.29 is 0 Å². The number of nitrogens with zero attached hydrogens (tertiary/aromatic N) is 1.